The van der Waals surface area contributed by atoms with E-state index in [1.165, 1.54) is 0 Å². The second kappa shape index (κ2) is 11.5. The molecule has 0 saturated carbocycles. The minimum atomic E-state index is -0.730. The van der Waals surface area contributed by atoms with Crippen LogP contribution in [0.2, 0.25) is 5.02 Å². The van der Waals surface area contributed by atoms with Gasteiger partial charge in [-0.2, -0.15) is 0 Å². The predicted octanol–water partition coefficient (Wildman–Crippen LogP) is 4.60. The number of anilines is 2. The normalized spacial score (nSPS) is 21.5. The molecule has 212 valence electrons. The Balaban J connectivity index is 1.31. The molecule has 41 heavy (non-hydrogen) atoms. The van der Waals surface area contributed by atoms with E-state index in [1.54, 1.807) is 25.1 Å². The van der Waals surface area contributed by atoms with Gasteiger partial charge in [0.05, 0.1) is 36.0 Å². The van der Waals surface area contributed by atoms with Crippen molar-refractivity contribution in [2.24, 2.45) is 0 Å². The third-order valence-corrected chi connectivity index (χ3v) is 7.57. The van der Waals surface area contributed by atoms with Gasteiger partial charge in [-0.25, -0.2) is 4.79 Å². The maximum atomic E-state index is 13.2. The van der Waals surface area contributed by atoms with Crippen LogP contribution >= 0.6 is 11.6 Å². The van der Waals surface area contributed by atoms with E-state index >= 15 is 0 Å². The maximum absolute atomic E-state index is 13.2. The number of aromatic amines is 1. The quantitative estimate of drug-likeness (QED) is 0.260. The van der Waals surface area contributed by atoms with Gasteiger partial charge >= 0.3 is 5.97 Å². The zero-order chi connectivity index (χ0) is 28.5. The average molecular weight is 577 g/mol. The van der Waals surface area contributed by atoms with Crippen LogP contribution in [0.3, 0.4) is 0 Å². The molecule has 4 atom stereocenters. The third kappa shape index (κ3) is 5.54. The van der Waals surface area contributed by atoms with Gasteiger partial charge in [-0.15, -0.1) is 0 Å². The van der Waals surface area contributed by atoms with E-state index < -0.39 is 29.8 Å². The molecule has 4 aromatic rings. The van der Waals surface area contributed by atoms with Gasteiger partial charge < -0.3 is 34.4 Å². The van der Waals surface area contributed by atoms with E-state index in [4.69, 9.17) is 30.5 Å². The van der Waals surface area contributed by atoms with Crippen LogP contribution in [-0.2, 0) is 20.6 Å². The second-order valence-electron chi connectivity index (χ2n) is 10.1. The summed E-state index contributed by atoms with van der Waals surface area (Å²) in [5.74, 6) is -0.310. The minimum absolute atomic E-state index is 0.122. The third-order valence-electron chi connectivity index (χ3n) is 7.27. The largest absolute Gasteiger partial charge is 0.484 e. The molecule has 0 bridgehead atoms. The first-order valence-corrected chi connectivity index (χ1v) is 13.8. The Hall–Kier alpha value is -3.89. The van der Waals surface area contributed by atoms with Crippen molar-refractivity contribution in [3.05, 3.63) is 98.8 Å². The van der Waals surface area contributed by atoms with Crippen molar-refractivity contribution >= 4 is 39.8 Å². The number of aliphatic hydroxyl groups excluding tert-OH is 1. The predicted molar refractivity (Wildman–Crippen MR) is 154 cm³/mol. The molecule has 0 radical (unpaired) electrons. The maximum Gasteiger partial charge on any atom is 0.345 e. The van der Waals surface area contributed by atoms with Gasteiger partial charge in [-0.05, 0) is 48.7 Å². The molecule has 3 aromatic carbocycles. The summed E-state index contributed by atoms with van der Waals surface area (Å²) in [5, 5.41) is 14.2. The van der Waals surface area contributed by atoms with Crippen LogP contribution in [-0.4, -0.2) is 60.3 Å². The monoisotopic (exact) mass is 576 g/mol. The first kappa shape index (κ1) is 27.3. The van der Waals surface area contributed by atoms with Gasteiger partial charge in [0.25, 0.3) is 5.56 Å². The Labute approximate surface area is 241 Å². The fourth-order valence-electron chi connectivity index (χ4n) is 5.34. The van der Waals surface area contributed by atoms with Crippen LogP contribution in [0.15, 0.2) is 71.5 Å². The zero-order valence-electron chi connectivity index (χ0n) is 22.3. The highest BCUT2D eigenvalue weighted by Crippen LogP contribution is 2.36. The molecule has 3 heterocycles. The standard InChI is InChI=1S/C31H29ClN2O7/c1-2-38-31(37)26-27(20-10-8-18(13-22(20)34-30(26)36)12-17-6-4-3-5-7-17)33-19-9-11-24(21(32)14-19)41-25-16-40-28-23(35)15-39-29(25)28/h3-11,13-14,23,25,28-29,35H,2,12,15-16H2,1H3,(H2,33,34,36)/t23-,25-,28+,29+/m0/s1. The Morgan fingerprint density at radius 2 is 1.85 bits per heavy atom. The number of carbonyl (C=O) groups is 1. The van der Waals surface area contributed by atoms with Gasteiger partial charge in [0.2, 0.25) is 0 Å². The number of ether oxygens (including phenoxy) is 4. The molecule has 0 amide bonds. The SMILES string of the molecule is CCOC(=O)c1c(Nc2ccc(O[C@H]3CO[C@H]4[C@@H]3OC[C@@H]4O)c(Cl)c2)c2ccc(Cc3ccccc3)cc2[nH]c1=O. The lowest BCUT2D eigenvalue weighted by molar-refractivity contribution is 0.00864. The average Bonchev–Trinajstić information content (AvgIpc) is 3.53. The van der Waals surface area contributed by atoms with Gasteiger partial charge in [0, 0.05) is 11.1 Å². The van der Waals surface area contributed by atoms with Crippen molar-refractivity contribution in [3.8, 4) is 5.75 Å². The number of aliphatic hydroxyl groups is 1. The van der Waals surface area contributed by atoms with Crippen LogP contribution in [0.1, 0.15) is 28.4 Å². The summed E-state index contributed by atoms with van der Waals surface area (Å²) in [6.07, 6.45) is -1.19. The van der Waals surface area contributed by atoms with Gasteiger partial charge in [0.1, 0.15) is 29.6 Å². The summed E-state index contributed by atoms with van der Waals surface area (Å²) < 4.78 is 22.5. The molecule has 2 aliphatic rings. The number of fused-ring (bicyclic) bond motifs is 2. The number of hydrogen-bond donors (Lipinski definition) is 3. The molecule has 0 spiro atoms. The van der Waals surface area contributed by atoms with Crippen LogP contribution in [0, 0.1) is 0 Å². The Morgan fingerprint density at radius 1 is 1.05 bits per heavy atom. The highest BCUT2D eigenvalue weighted by molar-refractivity contribution is 6.32. The topological polar surface area (TPSA) is 119 Å². The number of nitrogens with one attached hydrogen (secondary N) is 2. The number of H-pyrrole nitrogens is 1. The summed E-state index contributed by atoms with van der Waals surface area (Å²) in [5.41, 5.74) is 2.91. The van der Waals surface area contributed by atoms with E-state index in [2.05, 4.69) is 10.3 Å². The summed E-state index contributed by atoms with van der Waals surface area (Å²) >= 11 is 6.59. The summed E-state index contributed by atoms with van der Waals surface area (Å²) in [7, 11) is 0. The lowest BCUT2D eigenvalue weighted by Gasteiger charge is -2.19. The Kier molecular flexibility index (Phi) is 7.68. The lowest BCUT2D eigenvalue weighted by atomic mass is 10.0. The van der Waals surface area contributed by atoms with Crippen LogP contribution < -0.4 is 15.6 Å². The molecule has 2 aliphatic heterocycles. The zero-order valence-corrected chi connectivity index (χ0v) is 23.0. The number of carbonyl (C=O) groups excluding carboxylic acids is 1. The first-order chi connectivity index (χ1) is 19.9. The van der Waals surface area contributed by atoms with Crippen LogP contribution in [0.4, 0.5) is 11.4 Å². The molecule has 2 saturated heterocycles. The molecular formula is C31H29ClN2O7. The smallest absolute Gasteiger partial charge is 0.345 e. The molecule has 9 nitrogen and oxygen atoms in total. The highest BCUT2D eigenvalue weighted by atomic mass is 35.5. The van der Waals surface area contributed by atoms with Crippen molar-refractivity contribution in [2.75, 3.05) is 25.1 Å². The number of esters is 1. The van der Waals surface area contributed by atoms with E-state index in [9.17, 15) is 14.7 Å². The van der Waals surface area contributed by atoms with Crippen LogP contribution in [0.25, 0.3) is 10.9 Å². The molecule has 3 N–H and O–H groups in total. The summed E-state index contributed by atoms with van der Waals surface area (Å²) in [4.78, 5) is 28.9. The Bertz CT molecular complexity index is 1640. The molecule has 0 unspecified atom stereocenters. The summed E-state index contributed by atoms with van der Waals surface area (Å²) in [6, 6.07) is 20.9. The highest BCUT2D eigenvalue weighted by Gasteiger charge is 2.48. The fourth-order valence-corrected chi connectivity index (χ4v) is 5.57. The van der Waals surface area contributed by atoms with Crippen molar-refractivity contribution < 1.29 is 28.8 Å². The molecule has 2 fully saturated rings. The number of aromatic nitrogens is 1. The molecule has 0 aliphatic carbocycles. The van der Waals surface area contributed by atoms with Crippen molar-refractivity contribution in [1.29, 1.82) is 0 Å². The number of hydrogen-bond acceptors (Lipinski definition) is 8. The number of halogens is 1. The van der Waals surface area contributed by atoms with Gasteiger partial charge in [0.15, 0.2) is 6.10 Å². The Morgan fingerprint density at radius 3 is 2.63 bits per heavy atom. The van der Waals surface area contributed by atoms with E-state index in [-0.39, 0.29) is 31.5 Å². The lowest BCUT2D eigenvalue weighted by Crippen LogP contribution is -2.34. The van der Waals surface area contributed by atoms with Crippen molar-refractivity contribution in [2.45, 2.75) is 37.8 Å². The number of benzene rings is 3. The van der Waals surface area contributed by atoms with E-state index in [1.807, 2.05) is 48.5 Å². The van der Waals surface area contributed by atoms with E-state index in [0.717, 1.165) is 11.1 Å². The fraction of sp³-hybridized carbons (Fsp3) is 0.290. The first-order valence-electron chi connectivity index (χ1n) is 13.5. The molecule has 10 heteroatoms. The van der Waals surface area contributed by atoms with Crippen molar-refractivity contribution in [1.82, 2.24) is 4.98 Å². The van der Waals surface area contributed by atoms with Gasteiger partial charge in [-0.1, -0.05) is 54.1 Å². The molecule has 6 rings (SSSR count). The van der Waals surface area contributed by atoms with Crippen molar-refractivity contribution in [3.63, 3.8) is 0 Å². The molecule has 1 aromatic heterocycles. The van der Waals surface area contributed by atoms with Crippen LogP contribution in [0.5, 0.6) is 5.75 Å². The molecular weight excluding hydrogens is 548 g/mol. The minimum Gasteiger partial charge on any atom is -0.484 e. The van der Waals surface area contributed by atoms with Gasteiger partial charge in [-0.3, -0.25) is 4.79 Å². The second-order valence-corrected chi connectivity index (χ2v) is 10.5. The van der Waals surface area contributed by atoms with E-state index in [0.29, 0.717) is 39.5 Å². The summed E-state index contributed by atoms with van der Waals surface area (Å²) in [6.45, 7) is 2.28. The number of pyridine rings is 1. The number of rotatable bonds is 8.